The maximum absolute atomic E-state index is 11.7. The molecule has 0 fully saturated rings. The van der Waals surface area contributed by atoms with Gasteiger partial charge in [0, 0.05) is 24.8 Å². The Bertz CT molecular complexity index is 738. The van der Waals surface area contributed by atoms with Gasteiger partial charge >= 0.3 is 0 Å². The fraction of sp³-hybridized carbons (Fsp3) is 0.333. The number of amides is 1. The van der Waals surface area contributed by atoms with Crippen molar-refractivity contribution in [3.8, 4) is 17.0 Å². The molecule has 0 spiro atoms. The fourth-order valence-corrected chi connectivity index (χ4v) is 3.26. The number of ether oxygens (including phenoxy) is 1. The van der Waals surface area contributed by atoms with Crippen molar-refractivity contribution in [2.24, 2.45) is 0 Å². The van der Waals surface area contributed by atoms with Crippen molar-refractivity contribution in [3.63, 3.8) is 0 Å². The van der Waals surface area contributed by atoms with Gasteiger partial charge in [0.2, 0.25) is 11.8 Å². The van der Waals surface area contributed by atoms with E-state index in [9.17, 15) is 4.79 Å². The zero-order chi connectivity index (χ0) is 15.7. The highest BCUT2D eigenvalue weighted by molar-refractivity contribution is 5.97. The molecule has 0 radical (unpaired) electrons. The van der Waals surface area contributed by atoms with Crippen LogP contribution in [0.2, 0.25) is 0 Å². The third kappa shape index (κ3) is 2.56. The molecule has 3 rings (SSSR count). The highest BCUT2D eigenvalue weighted by atomic mass is 16.5. The third-order valence-corrected chi connectivity index (χ3v) is 4.13. The molecule has 1 amide bonds. The number of nitrogens with zero attached hydrogens (tertiary/aromatic N) is 1. The molecule has 114 valence electrons. The Balaban J connectivity index is 2.23. The molecule has 1 N–H and O–H groups in total. The molecule has 1 heterocycles. The standard InChI is InChI=1S/C18H20N2O2/c1-11-9-13-5-4-6-15(13)18(20-12(2)21)17(11)14-7-8-19-16(10-14)22-3/h7-10H,4-6H2,1-3H3,(H,20,21). The molecule has 0 aliphatic heterocycles. The largest absolute Gasteiger partial charge is 0.481 e. The van der Waals surface area contributed by atoms with Gasteiger partial charge in [-0.2, -0.15) is 0 Å². The van der Waals surface area contributed by atoms with Gasteiger partial charge in [0.1, 0.15) is 0 Å². The lowest BCUT2D eigenvalue weighted by molar-refractivity contribution is -0.114. The summed E-state index contributed by atoms with van der Waals surface area (Å²) in [7, 11) is 1.61. The summed E-state index contributed by atoms with van der Waals surface area (Å²) in [6.45, 7) is 3.65. The van der Waals surface area contributed by atoms with Crippen LogP contribution >= 0.6 is 0 Å². The van der Waals surface area contributed by atoms with Gasteiger partial charge in [-0.1, -0.05) is 6.07 Å². The lowest BCUT2D eigenvalue weighted by Gasteiger charge is -2.18. The van der Waals surface area contributed by atoms with E-state index in [1.165, 1.54) is 11.1 Å². The van der Waals surface area contributed by atoms with Crippen molar-refractivity contribution in [1.29, 1.82) is 0 Å². The summed E-state index contributed by atoms with van der Waals surface area (Å²) in [5, 5.41) is 3.05. The number of pyridine rings is 1. The van der Waals surface area contributed by atoms with E-state index in [1.807, 2.05) is 12.1 Å². The topological polar surface area (TPSA) is 51.2 Å². The first kappa shape index (κ1) is 14.6. The molecule has 0 saturated heterocycles. The minimum absolute atomic E-state index is 0.0398. The molecule has 0 saturated carbocycles. The molecule has 0 bridgehead atoms. The lowest BCUT2D eigenvalue weighted by atomic mass is 9.93. The van der Waals surface area contributed by atoms with E-state index in [4.69, 9.17) is 4.74 Å². The van der Waals surface area contributed by atoms with Crippen molar-refractivity contribution in [3.05, 3.63) is 41.1 Å². The third-order valence-electron chi connectivity index (χ3n) is 4.13. The molecule has 1 aliphatic carbocycles. The van der Waals surface area contributed by atoms with E-state index < -0.39 is 0 Å². The van der Waals surface area contributed by atoms with Gasteiger partial charge in [-0.25, -0.2) is 4.98 Å². The molecule has 0 unspecified atom stereocenters. The van der Waals surface area contributed by atoms with E-state index in [-0.39, 0.29) is 5.91 Å². The van der Waals surface area contributed by atoms with E-state index >= 15 is 0 Å². The van der Waals surface area contributed by atoms with Gasteiger partial charge < -0.3 is 10.1 Å². The summed E-state index contributed by atoms with van der Waals surface area (Å²) in [4.78, 5) is 15.8. The quantitative estimate of drug-likeness (QED) is 0.943. The summed E-state index contributed by atoms with van der Waals surface area (Å²) >= 11 is 0. The Hall–Kier alpha value is -2.36. The van der Waals surface area contributed by atoms with Crippen LogP contribution in [-0.4, -0.2) is 18.0 Å². The zero-order valence-corrected chi connectivity index (χ0v) is 13.2. The number of benzene rings is 1. The second kappa shape index (κ2) is 5.79. The van der Waals surface area contributed by atoms with Gasteiger partial charge in [-0.05, 0) is 54.5 Å². The van der Waals surface area contributed by atoms with Gasteiger partial charge in [0.05, 0.1) is 12.8 Å². The average Bonchev–Trinajstić information content (AvgIpc) is 2.95. The number of anilines is 1. The smallest absolute Gasteiger partial charge is 0.221 e. The van der Waals surface area contributed by atoms with Crippen molar-refractivity contribution in [1.82, 2.24) is 4.98 Å². The Morgan fingerprint density at radius 1 is 1.32 bits per heavy atom. The number of rotatable bonds is 3. The number of fused-ring (bicyclic) bond motifs is 1. The molecular weight excluding hydrogens is 276 g/mol. The number of hydrogen-bond acceptors (Lipinski definition) is 3. The van der Waals surface area contributed by atoms with Crippen LogP contribution in [0.3, 0.4) is 0 Å². The summed E-state index contributed by atoms with van der Waals surface area (Å²) in [6.07, 6.45) is 4.98. The summed E-state index contributed by atoms with van der Waals surface area (Å²) in [5.41, 5.74) is 6.82. The van der Waals surface area contributed by atoms with Crippen LogP contribution in [0.25, 0.3) is 11.1 Å². The van der Waals surface area contributed by atoms with Crippen LogP contribution in [0.4, 0.5) is 5.69 Å². The highest BCUT2D eigenvalue weighted by Gasteiger charge is 2.22. The van der Waals surface area contributed by atoms with Gasteiger partial charge in [-0.15, -0.1) is 0 Å². The second-order valence-corrected chi connectivity index (χ2v) is 5.70. The molecule has 1 aromatic carbocycles. The average molecular weight is 296 g/mol. The molecule has 1 aliphatic rings. The lowest BCUT2D eigenvalue weighted by Crippen LogP contribution is -2.10. The first-order valence-corrected chi connectivity index (χ1v) is 7.53. The first-order chi connectivity index (χ1) is 10.6. The van der Waals surface area contributed by atoms with Crippen LogP contribution in [0.5, 0.6) is 5.88 Å². The van der Waals surface area contributed by atoms with E-state index in [1.54, 1.807) is 20.2 Å². The zero-order valence-electron chi connectivity index (χ0n) is 13.2. The summed E-state index contributed by atoms with van der Waals surface area (Å²) in [5.74, 6) is 0.535. The molecule has 22 heavy (non-hydrogen) atoms. The number of carbonyl (C=O) groups excluding carboxylic acids is 1. The van der Waals surface area contributed by atoms with Crippen LogP contribution in [0.1, 0.15) is 30.0 Å². The predicted molar refractivity (Wildman–Crippen MR) is 87.3 cm³/mol. The number of aryl methyl sites for hydroxylation is 2. The second-order valence-electron chi connectivity index (χ2n) is 5.70. The fourth-order valence-electron chi connectivity index (χ4n) is 3.26. The van der Waals surface area contributed by atoms with Crippen molar-refractivity contribution < 1.29 is 9.53 Å². The minimum Gasteiger partial charge on any atom is -0.481 e. The van der Waals surface area contributed by atoms with Crippen LogP contribution < -0.4 is 10.1 Å². The summed E-state index contributed by atoms with van der Waals surface area (Å²) < 4.78 is 5.23. The Kier molecular flexibility index (Phi) is 3.84. The normalized spacial score (nSPS) is 12.9. The molecule has 4 nitrogen and oxygen atoms in total. The van der Waals surface area contributed by atoms with Crippen molar-refractivity contribution in [2.75, 3.05) is 12.4 Å². The van der Waals surface area contributed by atoms with Crippen molar-refractivity contribution in [2.45, 2.75) is 33.1 Å². The maximum atomic E-state index is 11.7. The van der Waals surface area contributed by atoms with Gasteiger partial charge in [0.25, 0.3) is 0 Å². The predicted octanol–water partition coefficient (Wildman–Crippen LogP) is 3.51. The van der Waals surface area contributed by atoms with Crippen LogP contribution in [0.15, 0.2) is 24.4 Å². The molecule has 0 atom stereocenters. The monoisotopic (exact) mass is 296 g/mol. The van der Waals surface area contributed by atoms with Crippen LogP contribution in [-0.2, 0) is 17.6 Å². The van der Waals surface area contributed by atoms with E-state index in [0.717, 1.165) is 41.6 Å². The Morgan fingerprint density at radius 2 is 2.14 bits per heavy atom. The Morgan fingerprint density at radius 3 is 2.86 bits per heavy atom. The number of nitrogens with one attached hydrogen (secondary N) is 1. The highest BCUT2D eigenvalue weighted by Crippen LogP contribution is 2.40. The van der Waals surface area contributed by atoms with Crippen LogP contribution in [0, 0.1) is 6.92 Å². The molecule has 2 aromatic rings. The van der Waals surface area contributed by atoms with Gasteiger partial charge in [-0.3, -0.25) is 4.79 Å². The SMILES string of the molecule is COc1cc(-c2c(C)cc3c(c2NC(C)=O)CCC3)ccn1. The minimum atomic E-state index is -0.0398. The maximum Gasteiger partial charge on any atom is 0.221 e. The number of methoxy groups -OCH3 is 1. The molecule has 1 aromatic heterocycles. The van der Waals surface area contributed by atoms with E-state index in [0.29, 0.717) is 5.88 Å². The van der Waals surface area contributed by atoms with E-state index in [2.05, 4.69) is 23.3 Å². The number of hydrogen-bond donors (Lipinski definition) is 1. The van der Waals surface area contributed by atoms with Gasteiger partial charge in [0.15, 0.2) is 0 Å². The summed E-state index contributed by atoms with van der Waals surface area (Å²) in [6, 6.07) is 6.11. The molecular formula is C18H20N2O2. The number of aromatic nitrogens is 1. The van der Waals surface area contributed by atoms with Crippen molar-refractivity contribution >= 4 is 11.6 Å². The first-order valence-electron chi connectivity index (χ1n) is 7.53. The Labute approximate surface area is 130 Å². The number of carbonyl (C=O) groups is 1. The molecule has 4 heteroatoms.